The Labute approximate surface area is 164 Å². The maximum Gasteiger partial charge on any atom is 0.230 e. The Morgan fingerprint density at radius 1 is 1.00 bits per heavy atom. The third-order valence-electron chi connectivity index (χ3n) is 5.98. The highest BCUT2D eigenvalue weighted by molar-refractivity contribution is 5.98. The highest BCUT2D eigenvalue weighted by atomic mass is 19.1. The topological polar surface area (TPSA) is 49.4 Å². The van der Waals surface area contributed by atoms with Crippen LogP contribution in [0, 0.1) is 17.7 Å². The second kappa shape index (κ2) is 7.74. The number of benzene rings is 2. The van der Waals surface area contributed by atoms with Crippen LogP contribution in [0.4, 0.5) is 15.8 Å². The van der Waals surface area contributed by atoms with E-state index in [0.717, 1.165) is 12.1 Å². The van der Waals surface area contributed by atoms with Gasteiger partial charge in [-0.25, -0.2) is 4.39 Å². The van der Waals surface area contributed by atoms with Gasteiger partial charge >= 0.3 is 0 Å². The normalized spacial score (nSPS) is 23.9. The van der Waals surface area contributed by atoms with Crippen LogP contribution >= 0.6 is 0 Å². The number of halogens is 1. The van der Waals surface area contributed by atoms with Gasteiger partial charge in [0.05, 0.1) is 0 Å². The summed E-state index contributed by atoms with van der Waals surface area (Å²) in [4.78, 5) is 27.6. The standard InChI is InChI=1S/C23H25FN2O2/c1-15-13-18-5-2-3-8-21(18)26(15)23(28)17-11-9-16(10-12-17)22(27)25-20-7-4-6-19(24)14-20/h2-8,14-17H,9-13H2,1H3,(H,25,27). The number of carbonyl (C=O) groups excluding carboxylic acids is 2. The number of fused-ring (bicyclic) bond motifs is 1. The van der Waals surface area contributed by atoms with Crippen LogP contribution in [0.15, 0.2) is 48.5 Å². The van der Waals surface area contributed by atoms with E-state index in [0.29, 0.717) is 31.4 Å². The molecule has 0 aromatic heterocycles. The molecule has 2 aromatic rings. The average molecular weight is 380 g/mol. The summed E-state index contributed by atoms with van der Waals surface area (Å²) in [5.74, 6) is -0.438. The van der Waals surface area contributed by atoms with Crippen LogP contribution in [-0.2, 0) is 16.0 Å². The number of carbonyl (C=O) groups is 2. The third kappa shape index (κ3) is 3.66. The Bertz CT molecular complexity index is 890. The van der Waals surface area contributed by atoms with Gasteiger partial charge in [0.1, 0.15) is 5.82 Å². The molecule has 4 rings (SSSR count). The molecule has 2 aliphatic rings. The zero-order chi connectivity index (χ0) is 19.7. The number of rotatable bonds is 3. The molecule has 1 atom stereocenters. The first-order valence-electron chi connectivity index (χ1n) is 10.0. The lowest BCUT2D eigenvalue weighted by molar-refractivity contribution is -0.126. The van der Waals surface area contributed by atoms with Crippen LogP contribution in [0.5, 0.6) is 0 Å². The highest BCUT2D eigenvalue weighted by Crippen LogP contribution is 2.37. The van der Waals surface area contributed by atoms with Crippen molar-refractivity contribution in [3.63, 3.8) is 0 Å². The number of anilines is 2. The van der Waals surface area contributed by atoms with E-state index in [9.17, 15) is 14.0 Å². The summed E-state index contributed by atoms with van der Waals surface area (Å²) in [5.41, 5.74) is 2.74. The molecule has 0 bridgehead atoms. The van der Waals surface area contributed by atoms with Crippen LogP contribution < -0.4 is 10.2 Å². The number of nitrogens with one attached hydrogen (secondary N) is 1. The maximum absolute atomic E-state index is 13.3. The molecule has 1 saturated carbocycles. The number of amides is 2. The second-order valence-corrected chi connectivity index (χ2v) is 7.94. The summed E-state index contributed by atoms with van der Waals surface area (Å²) in [6.07, 6.45) is 3.69. The van der Waals surface area contributed by atoms with Crippen molar-refractivity contribution < 1.29 is 14.0 Å². The van der Waals surface area contributed by atoms with Crippen LogP contribution in [0.25, 0.3) is 0 Å². The van der Waals surface area contributed by atoms with Crippen molar-refractivity contribution in [3.05, 3.63) is 59.9 Å². The van der Waals surface area contributed by atoms with Gasteiger partial charge in [0.25, 0.3) is 0 Å². The van der Waals surface area contributed by atoms with Crippen LogP contribution in [0.3, 0.4) is 0 Å². The molecule has 28 heavy (non-hydrogen) atoms. The Hall–Kier alpha value is -2.69. The van der Waals surface area contributed by atoms with Crippen molar-refractivity contribution in [2.45, 2.75) is 45.1 Å². The molecule has 1 fully saturated rings. The molecule has 1 unspecified atom stereocenters. The molecule has 5 heteroatoms. The van der Waals surface area contributed by atoms with E-state index in [-0.39, 0.29) is 35.5 Å². The molecule has 4 nitrogen and oxygen atoms in total. The molecule has 1 heterocycles. The van der Waals surface area contributed by atoms with Crippen molar-refractivity contribution in [3.8, 4) is 0 Å². The largest absolute Gasteiger partial charge is 0.326 e. The van der Waals surface area contributed by atoms with E-state index in [4.69, 9.17) is 0 Å². The fourth-order valence-corrected chi connectivity index (χ4v) is 4.51. The van der Waals surface area contributed by atoms with Gasteiger partial charge in [0, 0.05) is 29.3 Å². The second-order valence-electron chi connectivity index (χ2n) is 7.94. The van der Waals surface area contributed by atoms with E-state index in [1.807, 2.05) is 23.1 Å². The molecule has 1 N–H and O–H groups in total. The Balaban J connectivity index is 1.36. The molecule has 2 amide bonds. The molecule has 146 valence electrons. The summed E-state index contributed by atoms with van der Waals surface area (Å²) < 4.78 is 13.3. The molecular weight excluding hydrogens is 355 g/mol. The maximum atomic E-state index is 13.3. The monoisotopic (exact) mass is 380 g/mol. The Morgan fingerprint density at radius 3 is 2.46 bits per heavy atom. The molecule has 1 aliphatic heterocycles. The predicted octanol–water partition coefficient (Wildman–Crippen LogP) is 4.55. The average Bonchev–Trinajstić information content (AvgIpc) is 3.03. The van der Waals surface area contributed by atoms with E-state index in [2.05, 4.69) is 18.3 Å². The van der Waals surface area contributed by atoms with Crippen molar-refractivity contribution in [1.82, 2.24) is 0 Å². The van der Waals surface area contributed by atoms with Crippen molar-refractivity contribution >= 4 is 23.2 Å². The molecule has 0 radical (unpaired) electrons. The fraction of sp³-hybridized carbons (Fsp3) is 0.391. The first-order valence-corrected chi connectivity index (χ1v) is 10.0. The van der Waals surface area contributed by atoms with Crippen molar-refractivity contribution in [1.29, 1.82) is 0 Å². The quantitative estimate of drug-likeness (QED) is 0.849. The van der Waals surface area contributed by atoms with Crippen LogP contribution in [-0.4, -0.2) is 17.9 Å². The van der Waals surface area contributed by atoms with E-state index < -0.39 is 0 Å². The van der Waals surface area contributed by atoms with Crippen molar-refractivity contribution in [2.75, 3.05) is 10.2 Å². The Kier molecular flexibility index (Phi) is 5.16. The SMILES string of the molecule is CC1Cc2ccccc2N1C(=O)C1CCC(C(=O)Nc2cccc(F)c2)CC1. The summed E-state index contributed by atoms with van der Waals surface area (Å²) in [7, 11) is 0. The van der Waals surface area contributed by atoms with Gasteiger partial charge in [0.15, 0.2) is 0 Å². The zero-order valence-corrected chi connectivity index (χ0v) is 16.0. The molecular formula is C23H25FN2O2. The van der Waals surface area contributed by atoms with Gasteiger partial charge in [-0.3, -0.25) is 9.59 Å². The summed E-state index contributed by atoms with van der Waals surface area (Å²) in [6.45, 7) is 2.09. The fourth-order valence-electron chi connectivity index (χ4n) is 4.51. The lowest BCUT2D eigenvalue weighted by atomic mass is 9.80. The minimum absolute atomic E-state index is 0.0353. The van der Waals surface area contributed by atoms with Crippen LogP contribution in [0.1, 0.15) is 38.2 Å². The van der Waals surface area contributed by atoms with Gasteiger partial charge in [-0.05, 0) is 68.9 Å². The number of para-hydroxylation sites is 1. The molecule has 2 aromatic carbocycles. The first kappa shape index (κ1) is 18.7. The van der Waals surface area contributed by atoms with Gasteiger partial charge in [0.2, 0.25) is 11.8 Å². The van der Waals surface area contributed by atoms with E-state index in [1.165, 1.54) is 17.7 Å². The number of hydrogen-bond donors (Lipinski definition) is 1. The smallest absolute Gasteiger partial charge is 0.230 e. The third-order valence-corrected chi connectivity index (χ3v) is 5.98. The van der Waals surface area contributed by atoms with Gasteiger partial charge in [-0.15, -0.1) is 0 Å². The molecule has 1 aliphatic carbocycles. The van der Waals surface area contributed by atoms with E-state index in [1.54, 1.807) is 12.1 Å². The number of nitrogens with zero attached hydrogens (tertiary/aromatic N) is 1. The first-order chi connectivity index (χ1) is 13.5. The van der Waals surface area contributed by atoms with Gasteiger partial charge in [-0.2, -0.15) is 0 Å². The summed E-state index contributed by atoms with van der Waals surface area (Å²) in [5, 5.41) is 2.80. The summed E-state index contributed by atoms with van der Waals surface area (Å²) in [6, 6.07) is 14.2. The minimum atomic E-state index is -0.368. The highest BCUT2D eigenvalue weighted by Gasteiger charge is 2.37. The molecule has 0 spiro atoms. The Morgan fingerprint density at radius 2 is 1.71 bits per heavy atom. The lowest BCUT2D eigenvalue weighted by Gasteiger charge is -2.32. The van der Waals surface area contributed by atoms with Crippen molar-refractivity contribution in [2.24, 2.45) is 11.8 Å². The lowest BCUT2D eigenvalue weighted by Crippen LogP contribution is -2.42. The van der Waals surface area contributed by atoms with E-state index >= 15 is 0 Å². The zero-order valence-electron chi connectivity index (χ0n) is 16.0. The minimum Gasteiger partial charge on any atom is -0.326 e. The van der Waals surface area contributed by atoms with Gasteiger partial charge < -0.3 is 10.2 Å². The predicted molar refractivity (Wildman–Crippen MR) is 108 cm³/mol. The molecule has 0 saturated heterocycles. The van der Waals surface area contributed by atoms with Crippen LogP contribution in [0.2, 0.25) is 0 Å². The number of hydrogen-bond acceptors (Lipinski definition) is 2. The van der Waals surface area contributed by atoms with Gasteiger partial charge in [-0.1, -0.05) is 24.3 Å². The summed E-state index contributed by atoms with van der Waals surface area (Å²) >= 11 is 0.